The number of carbonyl (C=O) groups excluding carboxylic acids is 1. The molecule has 3 aromatic rings. The Balaban J connectivity index is 1.27. The summed E-state index contributed by atoms with van der Waals surface area (Å²) in [5.74, 6) is 1.31. The third-order valence-electron chi connectivity index (χ3n) is 9.65. The molecule has 1 aromatic heterocycles. The van der Waals surface area contributed by atoms with Crippen LogP contribution >= 0.6 is 7.14 Å². The monoisotopic (exact) mass is 660 g/mol. The van der Waals surface area contributed by atoms with Gasteiger partial charge in [-0.1, -0.05) is 19.1 Å². The number of piperazine rings is 1. The Kier molecular flexibility index (Phi) is 10.3. The maximum absolute atomic E-state index is 13.6. The number of anilines is 5. The molecule has 3 fully saturated rings. The first-order chi connectivity index (χ1) is 22.7. The van der Waals surface area contributed by atoms with Crippen LogP contribution in [0.15, 0.2) is 42.6 Å². The first-order valence-corrected chi connectivity index (χ1v) is 19.6. The van der Waals surface area contributed by atoms with Gasteiger partial charge >= 0.3 is 0 Å². The number of amides is 1. The largest absolute Gasteiger partial charge is 0.494 e. The Hall–Kier alpha value is -3.66. The van der Waals surface area contributed by atoms with Crippen LogP contribution in [0.5, 0.6) is 5.75 Å². The van der Waals surface area contributed by atoms with E-state index in [-0.39, 0.29) is 5.91 Å². The van der Waals surface area contributed by atoms with Gasteiger partial charge in [0.25, 0.3) is 5.91 Å². The molecule has 12 heteroatoms. The molecule has 0 radical (unpaired) electrons. The summed E-state index contributed by atoms with van der Waals surface area (Å²) in [5, 5.41) is 10.9. The fraction of sp³-hybridized carbons (Fsp3) is 0.514. The zero-order chi connectivity index (χ0) is 33.0. The van der Waals surface area contributed by atoms with Crippen LogP contribution in [0.4, 0.5) is 28.8 Å². The van der Waals surface area contributed by atoms with Crippen molar-refractivity contribution in [3.8, 4) is 5.75 Å². The summed E-state index contributed by atoms with van der Waals surface area (Å²) in [6.07, 6.45) is 6.74. The second-order valence-electron chi connectivity index (χ2n) is 13.1. The molecule has 6 rings (SSSR count). The van der Waals surface area contributed by atoms with Gasteiger partial charge in [0.05, 0.1) is 18.5 Å². The van der Waals surface area contributed by atoms with E-state index in [4.69, 9.17) is 9.72 Å². The number of nitrogens with one attached hydrogen (secondary N) is 3. The molecule has 47 heavy (non-hydrogen) atoms. The van der Waals surface area contributed by atoms with Crippen molar-refractivity contribution in [2.45, 2.75) is 45.1 Å². The second kappa shape index (κ2) is 14.6. The molecule has 3 N–H and O–H groups in total. The fourth-order valence-electron chi connectivity index (χ4n) is 7.06. The Labute approximate surface area is 278 Å². The number of carbonyl (C=O) groups is 1. The lowest BCUT2D eigenvalue weighted by atomic mass is 9.99. The minimum absolute atomic E-state index is 0.110. The molecular weight excluding hydrogens is 611 g/mol. The lowest BCUT2D eigenvalue weighted by Crippen LogP contribution is -2.52. The predicted molar refractivity (Wildman–Crippen MR) is 191 cm³/mol. The quantitative estimate of drug-likeness (QED) is 0.260. The van der Waals surface area contributed by atoms with Gasteiger partial charge in [0.15, 0.2) is 0 Å². The number of ether oxygens (including phenoxy) is 1. The molecular formula is C35H49N8O3P. The van der Waals surface area contributed by atoms with Crippen LogP contribution in [-0.2, 0) is 11.0 Å². The number of hydrogen-bond donors (Lipinski definition) is 3. The van der Waals surface area contributed by atoms with E-state index in [1.807, 2.05) is 29.2 Å². The number of rotatable bonds is 10. The second-order valence-corrected chi connectivity index (χ2v) is 16.3. The molecule has 2 aromatic carbocycles. The Bertz CT molecular complexity index is 1610. The number of para-hydroxylation sites is 1. The molecule has 1 amide bonds. The minimum atomic E-state index is -2.61. The van der Waals surface area contributed by atoms with Gasteiger partial charge in [0.1, 0.15) is 24.3 Å². The Morgan fingerprint density at radius 2 is 1.72 bits per heavy atom. The molecule has 252 valence electrons. The number of nitrogens with zero attached hydrogens (tertiary/aromatic N) is 5. The molecule has 0 unspecified atom stereocenters. The first-order valence-electron chi connectivity index (χ1n) is 17.0. The van der Waals surface area contributed by atoms with Crippen molar-refractivity contribution in [3.05, 3.63) is 53.7 Å². The SMILES string of the molecule is CCc1cc(Nc2ncc(C(=O)N3CCCC3)c(Nc3ccccc3P(C)(C)=O)n2)c(OC)cc1N1CCC(N2CCNCC2)CC1. The molecule has 3 saturated heterocycles. The van der Waals surface area contributed by atoms with E-state index >= 15 is 0 Å². The van der Waals surface area contributed by atoms with Crippen LogP contribution in [0.1, 0.15) is 48.5 Å². The molecule has 0 bridgehead atoms. The Morgan fingerprint density at radius 1 is 1.00 bits per heavy atom. The highest BCUT2D eigenvalue weighted by atomic mass is 31.2. The van der Waals surface area contributed by atoms with Crippen molar-refractivity contribution in [2.75, 3.05) is 88.3 Å². The van der Waals surface area contributed by atoms with E-state index in [1.165, 1.54) is 11.3 Å². The van der Waals surface area contributed by atoms with Crippen molar-refractivity contribution in [1.82, 2.24) is 25.1 Å². The third-order valence-corrected chi connectivity index (χ3v) is 11.2. The molecule has 0 spiro atoms. The number of benzene rings is 2. The average molecular weight is 661 g/mol. The van der Waals surface area contributed by atoms with Crippen molar-refractivity contribution < 1.29 is 14.1 Å². The standard InChI is InChI=1S/C35H49N8O3P/c1-5-25-22-29(31(46-2)23-30(25)42-18-12-26(13-19-42)41-20-14-36-15-21-41)39-35-37-24-27(34(44)43-16-8-9-17-43)33(40-35)38-28-10-6-7-11-32(28)47(3,4)45/h6-7,10-11,22-24,26,36H,5,8-9,12-21H2,1-4H3,(H2,37,38,39,40). The van der Waals surface area contributed by atoms with Gasteiger partial charge in [-0.25, -0.2) is 4.98 Å². The molecule has 11 nitrogen and oxygen atoms in total. The highest BCUT2D eigenvalue weighted by Gasteiger charge is 2.28. The maximum atomic E-state index is 13.6. The van der Waals surface area contributed by atoms with Crippen LogP contribution in [0.25, 0.3) is 0 Å². The van der Waals surface area contributed by atoms with Crippen molar-refractivity contribution in [1.29, 1.82) is 0 Å². The fourth-order valence-corrected chi connectivity index (χ4v) is 8.21. The van der Waals surface area contributed by atoms with E-state index in [0.29, 0.717) is 53.2 Å². The van der Waals surface area contributed by atoms with E-state index < -0.39 is 7.14 Å². The summed E-state index contributed by atoms with van der Waals surface area (Å²) in [6.45, 7) is 13.6. The highest BCUT2D eigenvalue weighted by Crippen LogP contribution is 2.39. The zero-order valence-corrected chi connectivity index (χ0v) is 29.1. The summed E-state index contributed by atoms with van der Waals surface area (Å²) in [4.78, 5) is 30.0. The summed E-state index contributed by atoms with van der Waals surface area (Å²) >= 11 is 0. The van der Waals surface area contributed by atoms with E-state index in [1.54, 1.807) is 26.6 Å². The van der Waals surface area contributed by atoms with Crippen molar-refractivity contribution in [3.63, 3.8) is 0 Å². The van der Waals surface area contributed by atoms with Gasteiger partial charge in [0.2, 0.25) is 5.95 Å². The number of aryl methyl sites for hydroxylation is 1. The molecule has 3 aliphatic rings. The van der Waals surface area contributed by atoms with Gasteiger partial charge in [0, 0.05) is 81.7 Å². The summed E-state index contributed by atoms with van der Waals surface area (Å²) < 4.78 is 19.0. The van der Waals surface area contributed by atoms with Gasteiger partial charge in [-0.15, -0.1) is 0 Å². The Morgan fingerprint density at radius 3 is 2.40 bits per heavy atom. The highest BCUT2D eigenvalue weighted by molar-refractivity contribution is 7.70. The van der Waals surface area contributed by atoms with Gasteiger partial charge in [-0.05, 0) is 69.2 Å². The molecule has 0 saturated carbocycles. The zero-order valence-electron chi connectivity index (χ0n) is 28.2. The maximum Gasteiger partial charge on any atom is 0.259 e. The normalized spacial score (nSPS) is 18.0. The first kappa shape index (κ1) is 33.2. The number of piperidine rings is 1. The smallest absolute Gasteiger partial charge is 0.259 e. The number of methoxy groups -OCH3 is 1. The summed E-state index contributed by atoms with van der Waals surface area (Å²) in [6, 6.07) is 12.4. The lowest BCUT2D eigenvalue weighted by Gasteiger charge is -2.41. The summed E-state index contributed by atoms with van der Waals surface area (Å²) in [5.41, 5.74) is 4.25. The van der Waals surface area contributed by atoms with Crippen molar-refractivity contribution >= 4 is 47.2 Å². The van der Waals surface area contributed by atoms with Crippen LogP contribution in [0, 0.1) is 0 Å². The minimum Gasteiger partial charge on any atom is -0.494 e. The predicted octanol–water partition coefficient (Wildman–Crippen LogP) is 4.89. The van der Waals surface area contributed by atoms with Crippen LogP contribution < -0.4 is 30.9 Å². The van der Waals surface area contributed by atoms with Crippen LogP contribution in [0.3, 0.4) is 0 Å². The molecule has 4 heterocycles. The van der Waals surface area contributed by atoms with Crippen LogP contribution in [-0.4, -0.2) is 105 Å². The molecule has 0 atom stereocenters. The molecule has 3 aliphatic heterocycles. The van der Waals surface area contributed by atoms with Gasteiger partial charge in [-0.2, -0.15) is 4.98 Å². The van der Waals surface area contributed by atoms with Gasteiger partial charge in [-0.3, -0.25) is 9.69 Å². The topological polar surface area (TPSA) is 115 Å². The molecule has 0 aliphatic carbocycles. The third kappa shape index (κ3) is 7.58. The van der Waals surface area contributed by atoms with Crippen molar-refractivity contribution in [2.24, 2.45) is 0 Å². The number of likely N-dealkylation sites (tertiary alicyclic amines) is 1. The summed E-state index contributed by atoms with van der Waals surface area (Å²) in [7, 11) is -0.925. The van der Waals surface area contributed by atoms with Gasteiger partial charge < -0.3 is 35.1 Å². The number of hydrogen-bond acceptors (Lipinski definition) is 10. The number of aromatic nitrogens is 2. The van der Waals surface area contributed by atoms with E-state index in [9.17, 15) is 9.36 Å². The van der Waals surface area contributed by atoms with E-state index in [0.717, 1.165) is 77.1 Å². The van der Waals surface area contributed by atoms with Crippen LogP contribution in [0.2, 0.25) is 0 Å². The van der Waals surface area contributed by atoms with E-state index in [2.05, 4.69) is 49.8 Å². The lowest BCUT2D eigenvalue weighted by molar-refractivity contribution is 0.0793. The average Bonchev–Trinajstić information content (AvgIpc) is 3.64.